The van der Waals surface area contributed by atoms with Crippen LogP contribution in [0.25, 0.3) is 0 Å². The number of rotatable bonds is 7. The molecule has 1 aromatic carbocycles. The standard InChI is InChI=1S/C21H37N5O2S.HI/c1-16(2)19(26-11-9-25(5)10-12-26)15-24-21(22-4)23-14-18-7-8-20(17(3)13-18)29(6,27)28;/h7-8,13,16,19H,9-12,14-15H2,1-6H3,(H2,22,23,24);1H. The fourth-order valence-corrected chi connectivity index (χ4v) is 4.74. The van der Waals surface area contributed by atoms with Crippen molar-refractivity contribution in [2.45, 2.75) is 38.3 Å². The molecule has 0 radical (unpaired) electrons. The summed E-state index contributed by atoms with van der Waals surface area (Å²) in [5, 5.41) is 6.81. The van der Waals surface area contributed by atoms with Crippen molar-refractivity contribution in [1.29, 1.82) is 0 Å². The predicted molar refractivity (Wildman–Crippen MR) is 136 cm³/mol. The van der Waals surface area contributed by atoms with Gasteiger partial charge in [-0.25, -0.2) is 8.42 Å². The predicted octanol–water partition coefficient (Wildman–Crippen LogP) is 1.95. The van der Waals surface area contributed by atoms with Gasteiger partial charge in [0.25, 0.3) is 0 Å². The highest BCUT2D eigenvalue weighted by molar-refractivity contribution is 14.0. The first-order valence-corrected chi connectivity index (χ1v) is 12.2. The Labute approximate surface area is 199 Å². The van der Waals surface area contributed by atoms with E-state index in [1.165, 1.54) is 6.26 Å². The van der Waals surface area contributed by atoms with E-state index in [0.717, 1.165) is 49.8 Å². The number of likely N-dealkylation sites (N-methyl/N-ethyl adjacent to an activating group) is 1. The first kappa shape index (κ1) is 27.1. The molecule has 1 atom stereocenters. The second kappa shape index (κ2) is 12.2. The lowest BCUT2D eigenvalue weighted by Crippen LogP contribution is -2.55. The third-order valence-electron chi connectivity index (χ3n) is 5.58. The maximum atomic E-state index is 11.8. The average molecular weight is 552 g/mol. The highest BCUT2D eigenvalue weighted by Crippen LogP contribution is 2.16. The quantitative estimate of drug-likeness (QED) is 0.307. The number of hydrogen-bond donors (Lipinski definition) is 2. The number of nitrogens with one attached hydrogen (secondary N) is 2. The zero-order valence-corrected chi connectivity index (χ0v) is 22.3. The van der Waals surface area contributed by atoms with Crippen molar-refractivity contribution in [2.24, 2.45) is 10.9 Å². The smallest absolute Gasteiger partial charge is 0.191 e. The van der Waals surface area contributed by atoms with Crippen LogP contribution in [0, 0.1) is 12.8 Å². The van der Waals surface area contributed by atoms with Crippen molar-refractivity contribution in [3.63, 3.8) is 0 Å². The SMILES string of the molecule is CN=C(NCc1ccc(S(C)(=O)=O)c(C)c1)NCC(C(C)C)N1CCN(C)CC1.I. The average Bonchev–Trinajstić information content (AvgIpc) is 2.64. The molecule has 1 aromatic rings. The van der Waals surface area contributed by atoms with Crippen LogP contribution >= 0.6 is 24.0 Å². The fraction of sp³-hybridized carbons (Fsp3) is 0.667. The zero-order valence-electron chi connectivity index (χ0n) is 19.1. The van der Waals surface area contributed by atoms with Gasteiger partial charge in [0.2, 0.25) is 0 Å². The molecule has 0 aromatic heterocycles. The van der Waals surface area contributed by atoms with Crippen molar-refractivity contribution in [1.82, 2.24) is 20.4 Å². The summed E-state index contributed by atoms with van der Waals surface area (Å²) in [5.74, 6) is 1.31. The zero-order chi connectivity index (χ0) is 21.6. The Morgan fingerprint density at radius 3 is 2.30 bits per heavy atom. The van der Waals surface area contributed by atoms with E-state index >= 15 is 0 Å². The van der Waals surface area contributed by atoms with Gasteiger partial charge in [0.15, 0.2) is 15.8 Å². The molecule has 0 bridgehead atoms. The number of hydrogen-bond acceptors (Lipinski definition) is 5. The fourth-order valence-electron chi connectivity index (χ4n) is 3.79. The van der Waals surface area contributed by atoms with Crippen molar-refractivity contribution in [3.05, 3.63) is 29.3 Å². The third-order valence-corrected chi connectivity index (χ3v) is 6.83. The van der Waals surface area contributed by atoms with Crippen LogP contribution in [-0.4, -0.2) is 83.3 Å². The lowest BCUT2D eigenvalue weighted by molar-refractivity contribution is 0.0900. The third kappa shape index (κ3) is 7.97. The second-order valence-electron chi connectivity index (χ2n) is 8.33. The molecule has 0 aliphatic carbocycles. The van der Waals surface area contributed by atoms with Gasteiger partial charge in [-0.2, -0.15) is 0 Å². The van der Waals surface area contributed by atoms with Gasteiger partial charge in [-0.3, -0.25) is 9.89 Å². The van der Waals surface area contributed by atoms with E-state index in [0.29, 0.717) is 23.4 Å². The van der Waals surface area contributed by atoms with E-state index < -0.39 is 9.84 Å². The number of sulfone groups is 1. The second-order valence-corrected chi connectivity index (χ2v) is 10.3. The summed E-state index contributed by atoms with van der Waals surface area (Å²) in [5.41, 5.74) is 1.79. The highest BCUT2D eigenvalue weighted by atomic mass is 127. The van der Waals surface area contributed by atoms with E-state index in [9.17, 15) is 8.42 Å². The molecule has 0 saturated carbocycles. The molecule has 1 aliphatic rings. The first-order chi connectivity index (χ1) is 13.6. The molecular weight excluding hydrogens is 513 g/mol. The topological polar surface area (TPSA) is 77.0 Å². The highest BCUT2D eigenvalue weighted by Gasteiger charge is 2.25. The maximum absolute atomic E-state index is 11.8. The van der Waals surface area contributed by atoms with Gasteiger partial charge < -0.3 is 15.5 Å². The lowest BCUT2D eigenvalue weighted by atomic mass is 10.0. The van der Waals surface area contributed by atoms with E-state index in [1.807, 2.05) is 19.1 Å². The number of aryl methyl sites for hydroxylation is 1. The summed E-state index contributed by atoms with van der Waals surface area (Å²) in [6, 6.07) is 5.90. The molecule has 9 heteroatoms. The van der Waals surface area contributed by atoms with Gasteiger partial charge >= 0.3 is 0 Å². The van der Waals surface area contributed by atoms with Crippen LogP contribution < -0.4 is 10.6 Å². The van der Waals surface area contributed by atoms with Gasteiger partial charge in [0, 0.05) is 58.6 Å². The van der Waals surface area contributed by atoms with Crippen molar-refractivity contribution >= 4 is 39.8 Å². The lowest BCUT2D eigenvalue weighted by Gasteiger charge is -2.40. The largest absolute Gasteiger partial charge is 0.355 e. The molecule has 172 valence electrons. The summed E-state index contributed by atoms with van der Waals surface area (Å²) in [4.78, 5) is 9.67. The molecule has 1 aliphatic heterocycles. The molecule has 30 heavy (non-hydrogen) atoms. The van der Waals surface area contributed by atoms with Crippen LogP contribution in [0.15, 0.2) is 28.1 Å². The Balaban J connectivity index is 0.00000450. The number of guanidine groups is 1. The minimum atomic E-state index is -3.19. The number of halogens is 1. The number of aliphatic imine (C=N–C) groups is 1. The Bertz CT molecular complexity index is 806. The molecule has 1 unspecified atom stereocenters. The summed E-state index contributed by atoms with van der Waals surface area (Å²) in [6.07, 6.45) is 1.24. The molecule has 2 N–H and O–H groups in total. The van der Waals surface area contributed by atoms with E-state index in [-0.39, 0.29) is 24.0 Å². The normalized spacial score (nSPS) is 17.5. The van der Waals surface area contributed by atoms with Crippen LogP contribution in [0.1, 0.15) is 25.0 Å². The monoisotopic (exact) mass is 551 g/mol. The maximum Gasteiger partial charge on any atom is 0.191 e. The van der Waals surface area contributed by atoms with E-state index in [1.54, 1.807) is 13.1 Å². The van der Waals surface area contributed by atoms with Crippen LogP contribution in [0.5, 0.6) is 0 Å². The Morgan fingerprint density at radius 2 is 1.80 bits per heavy atom. The minimum Gasteiger partial charge on any atom is -0.355 e. The molecule has 2 rings (SSSR count). The molecule has 1 heterocycles. The van der Waals surface area contributed by atoms with Gasteiger partial charge in [-0.1, -0.05) is 26.0 Å². The Morgan fingerprint density at radius 1 is 1.17 bits per heavy atom. The number of benzene rings is 1. The van der Waals surface area contributed by atoms with Gasteiger partial charge in [0.1, 0.15) is 0 Å². The number of piperazine rings is 1. The molecule has 7 nitrogen and oxygen atoms in total. The van der Waals surface area contributed by atoms with Crippen LogP contribution in [0.2, 0.25) is 0 Å². The molecular formula is C21H38IN5O2S. The van der Waals surface area contributed by atoms with Gasteiger partial charge in [-0.05, 0) is 37.1 Å². The number of nitrogens with zero attached hydrogens (tertiary/aromatic N) is 3. The van der Waals surface area contributed by atoms with E-state index in [4.69, 9.17) is 0 Å². The van der Waals surface area contributed by atoms with E-state index in [2.05, 4.69) is 46.3 Å². The Kier molecular flexibility index (Phi) is 11.0. The molecule has 1 saturated heterocycles. The van der Waals surface area contributed by atoms with Gasteiger partial charge in [0.05, 0.1) is 4.90 Å². The summed E-state index contributed by atoms with van der Waals surface area (Å²) in [7, 11) is 0.757. The first-order valence-electron chi connectivity index (χ1n) is 10.3. The van der Waals surface area contributed by atoms with Crippen LogP contribution in [0.3, 0.4) is 0 Å². The molecule has 0 spiro atoms. The minimum absolute atomic E-state index is 0. The van der Waals surface area contributed by atoms with Crippen molar-refractivity contribution in [3.8, 4) is 0 Å². The Hall–Kier alpha value is -0.910. The molecule has 1 fully saturated rings. The van der Waals surface area contributed by atoms with Crippen LogP contribution in [0.4, 0.5) is 0 Å². The van der Waals surface area contributed by atoms with Crippen LogP contribution in [-0.2, 0) is 16.4 Å². The summed E-state index contributed by atoms with van der Waals surface area (Å²) in [6.45, 7) is 12.2. The summed E-state index contributed by atoms with van der Waals surface area (Å²) < 4.78 is 23.6. The summed E-state index contributed by atoms with van der Waals surface area (Å²) >= 11 is 0. The molecule has 0 amide bonds. The van der Waals surface area contributed by atoms with Crippen molar-refractivity contribution in [2.75, 3.05) is 53.1 Å². The van der Waals surface area contributed by atoms with Crippen molar-refractivity contribution < 1.29 is 8.42 Å². The van der Waals surface area contributed by atoms with Gasteiger partial charge in [-0.15, -0.1) is 24.0 Å².